The van der Waals surface area contributed by atoms with Crippen LogP contribution in [0.4, 0.5) is 0 Å². The highest BCUT2D eigenvalue weighted by molar-refractivity contribution is 5.72. The van der Waals surface area contributed by atoms with Crippen molar-refractivity contribution < 1.29 is 0 Å². The van der Waals surface area contributed by atoms with Crippen LogP contribution in [-0.4, -0.2) is 19.3 Å². The Morgan fingerprint density at radius 1 is 1.30 bits per heavy atom. The zero-order valence-electron chi connectivity index (χ0n) is 11.2. The normalized spacial score (nSPS) is 10.8. The van der Waals surface area contributed by atoms with Crippen LogP contribution in [0.3, 0.4) is 0 Å². The predicted octanol–water partition coefficient (Wildman–Crippen LogP) is 1.82. The fourth-order valence-corrected chi connectivity index (χ4v) is 2.14. The van der Waals surface area contributed by atoms with Gasteiger partial charge in [0.15, 0.2) is 5.65 Å². The number of hydrogen-bond donors (Lipinski definition) is 0. The van der Waals surface area contributed by atoms with E-state index in [0.29, 0.717) is 17.6 Å². The smallest absolute Gasteiger partial charge is 0.264 e. The van der Waals surface area contributed by atoms with Gasteiger partial charge in [0.1, 0.15) is 11.7 Å². The van der Waals surface area contributed by atoms with Gasteiger partial charge in [-0.15, -0.1) is 0 Å². The molecule has 2 aromatic heterocycles. The van der Waals surface area contributed by atoms with Gasteiger partial charge in [-0.2, -0.15) is 5.10 Å². The third-order valence-corrected chi connectivity index (χ3v) is 3.29. The molecule has 3 rings (SSSR count). The third kappa shape index (κ3) is 2.03. The molecule has 0 unspecified atom stereocenters. The Morgan fingerprint density at radius 3 is 2.75 bits per heavy atom. The van der Waals surface area contributed by atoms with Crippen molar-refractivity contribution in [2.75, 3.05) is 0 Å². The summed E-state index contributed by atoms with van der Waals surface area (Å²) in [5.41, 5.74) is 2.63. The van der Waals surface area contributed by atoms with Crippen LogP contribution in [0, 0.1) is 0 Å². The molecule has 0 atom stereocenters. The van der Waals surface area contributed by atoms with Gasteiger partial charge < -0.3 is 0 Å². The molecule has 0 saturated heterocycles. The van der Waals surface area contributed by atoms with E-state index in [1.807, 2.05) is 24.3 Å². The predicted molar refractivity (Wildman–Crippen MR) is 78.4 cm³/mol. The summed E-state index contributed by atoms with van der Waals surface area (Å²) in [5.74, 6) is 0. The first-order chi connectivity index (χ1) is 9.69. The van der Waals surface area contributed by atoms with E-state index in [0.717, 1.165) is 11.1 Å². The molecule has 0 aliphatic carbocycles. The molecule has 0 aliphatic heterocycles. The van der Waals surface area contributed by atoms with Crippen LogP contribution in [0.1, 0.15) is 11.1 Å². The number of fused-ring (bicyclic) bond motifs is 1. The summed E-state index contributed by atoms with van der Waals surface area (Å²) in [5, 5.41) is 4.60. The van der Waals surface area contributed by atoms with Gasteiger partial charge in [0, 0.05) is 7.05 Å². The lowest BCUT2D eigenvalue weighted by molar-refractivity contribution is 0.737. The number of aromatic nitrogens is 4. The first kappa shape index (κ1) is 12.3. The molecule has 2 heterocycles. The maximum atomic E-state index is 12.3. The van der Waals surface area contributed by atoms with Crippen molar-refractivity contribution in [3.63, 3.8) is 0 Å². The number of hydrogen-bond acceptors (Lipinski definition) is 3. The maximum Gasteiger partial charge on any atom is 0.264 e. The van der Waals surface area contributed by atoms with E-state index in [1.165, 1.54) is 0 Å². The van der Waals surface area contributed by atoms with E-state index in [9.17, 15) is 4.79 Å². The summed E-state index contributed by atoms with van der Waals surface area (Å²) >= 11 is 0. The van der Waals surface area contributed by atoms with Crippen molar-refractivity contribution in [3.8, 4) is 0 Å². The molecule has 0 fully saturated rings. The standard InChI is InChI=1S/C15H14N4O/c1-3-11-4-6-12(7-5-11)9-19-10-16-14-13(15(19)20)8-17-18(14)2/h3-8,10H,1,9H2,2H3. The van der Waals surface area contributed by atoms with Crippen LogP contribution in [-0.2, 0) is 13.6 Å². The molecule has 100 valence electrons. The van der Waals surface area contributed by atoms with E-state index in [4.69, 9.17) is 0 Å². The van der Waals surface area contributed by atoms with Gasteiger partial charge in [0.25, 0.3) is 5.56 Å². The van der Waals surface area contributed by atoms with Gasteiger partial charge >= 0.3 is 0 Å². The third-order valence-electron chi connectivity index (χ3n) is 3.29. The number of benzene rings is 1. The van der Waals surface area contributed by atoms with Crippen molar-refractivity contribution in [2.45, 2.75) is 6.54 Å². The van der Waals surface area contributed by atoms with Crippen LogP contribution in [0.25, 0.3) is 17.1 Å². The Hall–Kier alpha value is -2.69. The quantitative estimate of drug-likeness (QED) is 0.726. The molecule has 0 aliphatic rings. The monoisotopic (exact) mass is 266 g/mol. The van der Waals surface area contributed by atoms with E-state index < -0.39 is 0 Å². The van der Waals surface area contributed by atoms with Gasteiger partial charge in [-0.3, -0.25) is 14.0 Å². The molecule has 1 aromatic carbocycles. The Bertz CT molecular complexity index is 827. The van der Waals surface area contributed by atoms with Crippen LogP contribution >= 0.6 is 0 Å². The SMILES string of the molecule is C=Cc1ccc(Cn2cnc3c(cnn3C)c2=O)cc1. The average molecular weight is 266 g/mol. The fourth-order valence-electron chi connectivity index (χ4n) is 2.14. The highest BCUT2D eigenvalue weighted by Gasteiger charge is 2.08. The second-order valence-electron chi connectivity index (χ2n) is 4.63. The second kappa shape index (κ2) is 4.77. The molecule has 0 amide bonds. The minimum atomic E-state index is -0.0732. The largest absolute Gasteiger partial charge is 0.294 e. The average Bonchev–Trinajstić information content (AvgIpc) is 2.85. The van der Waals surface area contributed by atoms with Crippen LogP contribution < -0.4 is 5.56 Å². The molecule has 0 spiro atoms. The summed E-state index contributed by atoms with van der Waals surface area (Å²) in [7, 11) is 1.77. The van der Waals surface area contributed by atoms with E-state index in [2.05, 4.69) is 16.7 Å². The van der Waals surface area contributed by atoms with E-state index in [1.54, 1.807) is 34.9 Å². The topological polar surface area (TPSA) is 52.7 Å². The zero-order chi connectivity index (χ0) is 14.1. The number of rotatable bonds is 3. The lowest BCUT2D eigenvalue weighted by Crippen LogP contribution is -2.21. The Labute approximate surface area is 115 Å². The molecule has 0 bridgehead atoms. The van der Waals surface area contributed by atoms with Crippen molar-refractivity contribution in [3.05, 3.63) is 64.8 Å². The van der Waals surface area contributed by atoms with Crippen LogP contribution in [0.5, 0.6) is 0 Å². The summed E-state index contributed by atoms with van der Waals surface area (Å²) < 4.78 is 3.19. The van der Waals surface area contributed by atoms with Crippen molar-refractivity contribution >= 4 is 17.1 Å². The van der Waals surface area contributed by atoms with Gasteiger partial charge in [0.05, 0.1) is 12.7 Å². The second-order valence-corrected chi connectivity index (χ2v) is 4.63. The maximum absolute atomic E-state index is 12.3. The van der Waals surface area contributed by atoms with Crippen LogP contribution in [0.15, 0.2) is 48.2 Å². The minimum Gasteiger partial charge on any atom is -0.294 e. The summed E-state index contributed by atoms with van der Waals surface area (Å²) in [6.45, 7) is 4.21. The lowest BCUT2D eigenvalue weighted by atomic mass is 10.1. The molecule has 5 nitrogen and oxygen atoms in total. The first-order valence-corrected chi connectivity index (χ1v) is 6.27. The van der Waals surface area contributed by atoms with Crippen LogP contribution in [0.2, 0.25) is 0 Å². The molecule has 0 radical (unpaired) electrons. The van der Waals surface area contributed by atoms with E-state index in [-0.39, 0.29) is 5.56 Å². The number of aryl methyl sites for hydroxylation is 1. The highest BCUT2D eigenvalue weighted by Crippen LogP contribution is 2.08. The first-order valence-electron chi connectivity index (χ1n) is 6.27. The summed E-state index contributed by atoms with van der Waals surface area (Å²) in [6.07, 6.45) is 4.91. The molecule has 0 N–H and O–H groups in total. The molecule has 5 heteroatoms. The van der Waals surface area contributed by atoms with Crippen molar-refractivity contribution in [2.24, 2.45) is 7.05 Å². The van der Waals surface area contributed by atoms with Crippen molar-refractivity contribution in [1.82, 2.24) is 19.3 Å². The highest BCUT2D eigenvalue weighted by atomic mass is 16.1. The molecule has 20 heavy (non-hydrogen) atoms. The molecule has 3 aromatic rings. The Balaban J connectivity index is 1.99. The minimum absolute atomic E-state index is 0.0732. The lowest BCUT2D eigenvalue weighted by Gasteiger charge is -2.06. The van der Waals surface area contributed by atoms with Gasteiger partial charge in [-0.25, -0.2) is 4.98 Å². The summed E-state index contributed by atoms with van der Waals surface area (Å²) in [6, 6.07) is 7.92. The Kier molecular flexibility index (Phi) is 2.95. The number of nitrogens with zero attached hydrogens (tertiary/aromatic N) is 4. The Morgan fingerprint density at radius 2 is 2.05 bits per heavy atom. The van der Waals surface area contributed by atoms with E-state index >= 15 is 0 Å². The zero-order valence-corrected chi connectivity index (χ0v) is 11.2. The van der Waals surface area contributed by atoms with Gasteiger partial charge in [0.2, 0.25) is 0 Å². The molecular weight excluding hydrogens is 252 g/mol. The molecular formula is C15H14N4O. The fraction of sp³-hybridized carbons (Fsp3) is 0.133. The molecule has 0 saturated carbocycles. The van der Waals surface area contributed by atoms with Crippen molar-refractivity contribution in [1.29, 1.82) is 0 Å². The van der Waals surface area contributed by atoms with Gasteiger partial charge in [-0.05, 0) is 11.1 Å². The summed E-state index contributed by atoms with van der Waals surface area (Å²) in [4.78, 5) is 16.6. The van der Waals surface area contributed by atoms with Gasteiger partial charge in [-0.1, -0.05) is 36.9 Å².